The van der Waals surface area contributed by atoms with Crippen molar-refractivity contribution >= 4 is 29.1 Å². The molecule has 100 valence electrons. The average Bonchev–Trinajstić information content (AvgIpc) is 2.46. The second-order valence-electron chi connectivity index (χ2n) is 3.97. The third-order valence-corrected chi connectivity index (χ3v) is 4.01. The first-order chi connectivity index (χ1) is 9.26. The van der Waals surface area contributed by atoms with E-state index in [4.69, 9.17) is 16.3 Å². The fourth-order valence-corrected chi connectivity index (χ4v) is 2.68. The van der Waals surface area contributed by atoms with Gasteiger partial charge in [0.1, 0.15) is 5.75 Å². The largest absolute Gasteiger partial charge is 0.496 e. The van der Waals surface area contributed by atoms with Crippen molar-refractivity contribution in [1.29, 1.82) is 0 Å². The van der Waals surface area contributed by atoms with Gasteiger partial charge in [-0.2, -0.15) is 0 Å². The van der Waals surface area contributed by atoms with Gasteiger partial charge in [0.15, 0.2) is 0 Å². The highest BCUT2D eigenvalue weighted by atomic mass is 35.5. The fraction of sp³-hybridized carbons (Fsp3) is 0.200. The smallest absolute Gasteiger partial charge is 0.125 e. The molecule has 0 aliphatic heterocycles. The third-order valence-electron chi connectivity index (χ3n) is 2.86. The maximum Gasteiger partial charge on any atom is 0.125 e. The van der Waals surface area contributed by atoms with Crippen molar-refractivity contribution < 1.29 is 4.74 Å². The maximum absolute atomic E-state index is 6.22. The number of benzene rings is 2. The molecule has 0 radical (unpaired) electrons. The number of methoxy groups -OCH3 is 1. The Balaban J connectivity index is 2.19. The lowest BCUT2D eigenvalue weighted by Gasteiger charge is -2.14. The van der Waals surface area contributed by atoms with E-state index in [0.29, 0.717) is 11.6 Å². The number of rotatable bonds is 5. The summed E-state index contributed by atoms with van der Waals surface area (Å²) in [6, 6.07) is 13.9. The van der Waals surface area contributed by atoms with Gasteiger partial charge in [0.05, 0.1) is 7.11 Å². The van der Waals surface area contributed by atoms with Crippen LogP contribution in [-0.4, -0.2) is 13.4 Å². The van der Waals surface area contributed by atoms with Crippen molar-refractivity contribution in [1.82, 2.24) is 0 Å². The Hall–Kier alpha value is -1.32. The fourth-order valence-electron chi connectivity index (χ4n) is 1.88. The zero-order valence-electron chi connectivity index (χ0n) is 10.9. The van der Waals surface area contributed by atoms with Crippen molar-refractivity contribution in [3.05, 3.63) is 53.1 Å². The van der Waals surface area contributed by atoms with Gasteiger partial charge in [0.2, 0.25) is 0 Å². The standard InChI is InChI=1S/C15H16ClNOS/c1-18-14-8-5-6-12(16)11(14)10-17-13-7-3-4-9-15(13)19-2/h3-9,17H,10H2,1-2H3. The number of hydrogen-bond donors (Lipinski definition) is 1. The normalized spacial score (nSPS) is 10.3. The van der Waals surface area contributed by atoms with Gasteiger partial charge in [-0.05, 0) is 30.5 Å². The lowest BCUT2D eigenvalue weighted by atomic mass is 10.2. The molecule has 0 aromatic heterocycles. The van der Waals surface area contributed by atoms with E-state index in [1.54, 1.807) is 18.9 Å². The summed E-state index contributed by atoms with van der Waals surface area (Å²) in [5, 5.41) is 4.13. The molecule has 19 heavy (non-hydrogen) atoms. The van der Waals surface area contributed by atoms with Crippen LogP contribution >= 0.6 is 23.4 Å². The number of ether oxygens (including phenoxy) is 1. The number of halogens is 1. The second-order valence-corrected chi connectivity index (χ2v) is 5.23. The molecule has 2 rings (SSSR count). The van der Waals surface area contributed by atoms with Gasteiger partial charge in [-0.3, -0.25) is 0 Å². The molecular formula is C15H16ClNOS. The number of anilines is 1. The Kier molecular flexibility index (Phi) is 5.00. The summed E-state index contributed by atoms with van der Waals surface area (Å²) >= 11 is 7.94. The second kappa shape index (κ2) is 6.73. The molecule has 0 aliphatic rings. The molecule has 2 nitrogen and oxygen atoms in total. The first kappa shape index (κ1) is 14.1. The van der Waals surface area contributed by atoms with Crippen molar-refractivity contribution in [2.24, 2.45) is 0 Å². The topological polar surface area (TPSA) is 21.3 Å². The van der Waals surface area contributed by atoms with Crippen LogP contribution in [0.3, 0.4) is 0 Å². The summed E-state index contributed by atoms with van der Waals surface area (Å²) in [4.78, 5) is 1.22. The predicted octanol–water partition coefficient (Wildman–Crippen LogP) is 4.68. The molecule has 0 atom stereocenters. The van der Waals surface area contributed by atoms with Crippen LogP contribution in [0.1, 0.15) is 5.56 Å². The Labute approximate surface area is 123 Å². The number of para-hydroxylation sites is 1. The average molecular weight is 294 g/mol. The molecule has 1 N–H and O–H groups in total. The highest BCUT2D eigenvalue weighted by molar-refractivity contribution is 7.98. The van der Waals surface area contributed by atoms with Gasteiger partial charge in [-0.25, -0.2) is 0 Å². The van der Waals surface area contributed by atoms with Crippen molar-refractivity contribution in [3.8, 4) is 5.75 Å². The lowest BCUT2D eigenvalue weighted by Crippen LogP contribution is -2.03. The predicted molar refractivity (Wildman–Crippen MR) is 83.6 cm³/mol. The molecule has 0 unspecified atom stereocenters. The first-order valence-corrected chi connectivity index (χ1v) is 7.54. The van der Waals surface area contributed by atoms with Crippen LogP contribution in [0.2, 0.25) is 5.02 Å². The van der Waals surface area contributed by atoms with Crippen LogP contribution < -0.4 is 10.1 Å². The highest BCUT2D eigenvalue weighted by Crippen LogP contribution is 2.29. The Morgan fingerprint density at radius 2 is 1.95 bits per heavy atom. The lowest BCUT2D eigenvalue weighted by molar-refractivity contribution is 0.410. The number of nitrogens with one attached hydrogen (secondary N) is 1. The van der Waals surface area contributed by atoms with Crippen LogP contribution in [0, 0.1) is 0 Å². The minimum absolute atomic E-state index is 0.639. The van der Waals surface area contributed by atoms with Crippen molar-refractivity contribution in [2.75, 3.05) is 18.7 Å². The van der Waals surface area contributed by atoms with Crippen molar-refractivity contribution in [3.63, 3.8) is 0 Å². The molecule has 2 aromatic carbocycles. The van der Waals surface area contributed by atoms with Crippen molar-refractivity contribution in [2.45, 2.75) is 11.4 Å². The monoisotopic (exact) mass is 293 g/mol. The van der Waals surface area contributed by atoms with Crippen LogP contribution in [0.15, 0.2) is 47.4 Å². The zero-order chi connectivity index (χ0) is 13.7. The van der Waals surface area contributed by atoms with E-state index in [0.717, 1.165) is 17.0 Å². The maximum atomic E-state index is 6.22. The van der Waals surface area contributed by atoms with Gasteiger partial charge >= 0.3 is 0 Å². The minimum Gasteiger partial charge on any atom is -0.496 e. The summed E-state index contributed by atoms with van der Waals surface area (Å²) in [6.45, 7) is 0.639. The van der Waals surface area contributed by atoms with Crippen LogP contribution in [0.4, 0.5) is 5.69 Å². The number of thioether (sulfide) groups is 1. The van der Waals surface area contributed by atoms with Gasteiger partial charge in [0.25, 0.3) is 0 Å². The molecule has 4 heteroatoms. The van der Waals surface area contributed by atoms with E-state index >= 15 is 0 Å². The van der Waals surface area contributed by atoms with Crippen LogP contribution in [0.5, 0.6) is 5.75 Å². The minimum atomic E-state index is 0.639. The Morgan fingerprint density at radius 1 is 1.16 bits per heavy atom. The Morgan fingerprint density at radius 3 is 2.68 bits per heavy atom. The van der Waals surface area contributed by atoms with Gasteiger partial charge in [0, 0.05) is 27.7 Å². The summed E-state index contributed by atoms with van der Waals surface area (Å²) < 4.78 is 5.34. The van der Waals surface area contributed by atoms with Gasteiger partial charge < -0.3 is 10.1 Å². The van der Waals surface area contributed by atoms with E-state index in [-0.39, 0.29) is 0 Å². The molecule has 0 fully saturated rings. The molecule has 2 aromatic rings. The SMILES string of the molecule is COc1cccc(Cl)c1CNc1ccccc1SC. The summed E-state index contributed by atoms with van der Waals surface area (Å²) in [6.07, 6.45) is 2.07. The van der Waals surface area contributed by atoms with Gasteiger partial charge in [-0.1, -0.05) is 29.8 Å². The summed E-state index contributed by atoms with van der Waals surface area (Å²) in [7, 11) is 1.66. The summed E-state index contributed by atoms with van der Waals surface area (Å²) in [5.74, 6) is 0.807. The molecule has 0 spiro atoms. The summed E-state index contributed by atoms with van der Waals surface area (Å²) in [5.41, 5.74) is 2.08. The molecule has 0 saturated carbocycles. The molecule has 0 heterocycles. The molecule has 0 aliphatic carbocycles. The molecule has 0 amide bonds. The van der Waals surface area contributed by atoms with Crippen LogP contribution in [-0.2, 0) is 6.54 Å². The Bertz CT molecular complexity index is 560. The highest BCUT2D eigenvalue weighted by Gasteiger charge is 2.08. The van der Waals surface area contributed by atoms with Crippen LogP contribution in [0.25, 0.3) is 0 Å². The first-order valence-electron chi connectivity index (χ1n) is 5.94. The zero-order valence-corrected chi connectivity index (χ0v) is 12.5. The molecule has 0 bridgehead atoms. The third kappa shape index (κ3) is 3.37. The van der Waals surface area contributed by atoms with E-state index in [9.17, 15) is 0 Å². The van der Waals surface area contributed by atoms with E-state index in [1.165, 1.54) is 4.90 Å². The van der Waals surface area contributed by atoms with Gasteiger partial charge in [-0.15, -0.1) is 11.8 Å². The van der Waals surface area contributed by atoms with E-state index < -0.39 is 0 Å². The van der Waals surface area contributed by atoms with E-state index in [1.807, 2.05) is 30.3 Å². The molecule has 0 saturated heterocycles. The molecular weight excluding hydrogens is 278 g/mol. The number of hydrogen-bond acceptors (Lipinski definition) is 3. The quantitative estimate of drug-likeness (QED) is 0.809. The van der Waals surface area contributed by atoms with E-state index in [2.05, 4.69) is 23.7 Å².